The Labute approximate surface area is 137 Å². The fourth-order valence-electron chi connectivity index (χ4n) is 2.50. The topological polar surface area (TPSA) is 113 Å². The molecule has 2 aromatic rings. The van der Waals surface area contributed by atoms with E-state index in [1.807, 2.05) is 6.92 Å². The van der Waals surface area contributed by atoms with Crippen LogP contribution < -0.4 is 20.5 Å². The van der Waals surface area contributed by atoms with Gasteiger partial charge in [0.1, 0.15) is 24.5 Å². The molecule has 126 valence electrons. The van der Waals surface area contributed by atoms with Gasteiger partial charge in [0, 0.05) is 11.6 Å². The van der Waals surface area contributed by atoms with E-state index < -0.39 is 17.5 Å². The van der Waals surface area contributed by atoms with Crippen LogP contribution in [0.5, 0.6) is 11.6 Å². The molecule has 0 spiro atoms. The molecule has 1 aliphatic heterocycles. The number of benzene rings is 1. The molecule has 0 saturated carbocycles. The number of ether oxygens (including phenoxy) is 3. The van der Waals surface area contributed by atoms with Crippen LogP contribution in [0, 0.1) is 0 Å². The van der Waals surface area contributed by atoms with Gasteiger partial charge < -0.3 is 25.3 Å². The number of nitrogens with zero attached hydrogens (tertiary/aromatic N) is 1. The van der Waals surface area contributed by atoms with Gasteiger partial charge in [-0.15, -0.1) is 0 Å². The molecule has 8 nitrogen and oxygen atoms in total. The van der Waals surface area contributed by atoms with E-state index in [-0.39, 0.29) is 18.8 Å². The molecular formula is C16H17N3O5. The minimum Gasteiger partial charge on any atom is -0.496 e. The van der Waals surface area contributed by atoms with Crippen molar-refractivity contribution in [1.82, 2.24) is 10.3 Å². The number of carbonyl (C=O) groups excluding carboxylic acids is 2. The summed E-state index contributed by atoms with van der Waals surface area (Å²) in [5.74, 6) is 0.132. The average molecular weight is 331 g/mol. The van der Waals surface area contributed by atoms with Crippen molar-refractivity contribution in [3.05, 3.63) is 30.0 Å². The van der Waals surface area contributed by atoms with Gasteiger partial charge in [-0.3, -0.25) is 4.79 Å². The van der Waals surface area contributed by atoms with Gasteiger partial charge >= 0.3 is 6.09 Å². The zero-order valence-electron chi connectivity index (χ0n) is 13.3. The lowest BCUT2D eigenvalue weighted by atomic mass is 10.1. The van der Waals surface area contributed by atoms with Crippen LogP contribution in [0.2, 0.25) is 0 Å². The molecule has 0 aliphatic carbocycles. The number of carbonyl (C=O) groups is 2. The Morgan fingerprint density at radius 2 is 2.29 bits per heavy atom. The monoisotopic (exact) mass is 331 g/mol. The van der Waals surface area contributed by atoms with Crippen molar-refractivity contribution < 1.29 is 23.8 Å². The van der Waals surface area contributed by atoms with E-state index in [1.165, 1.54) is 7.11 Å². The maximum Gasteiger partial charge on any atom is 0.407 e. The Balaban J connectivity index is 1.93. The zero-order valence-corrected chi connectivity index (χ0v) is 13.3. The van der Waals surface area contributed by atoms with E-state index >= 15 is 0 Å². The highest BCUT2D eigenvalue weighted by Crippen LogP contribution is 2.31. The predicted octanol–water partition coefficient (Wildman–Crippen LogP) is 1.22. The third-order valence-electron chi connectivity index (χ3n) is 3.77. The van der Waals surface area contributed by atoms with Crippen LogP contribution in [0.15, 0.2) is 24.4 Å². The maximum absolute atomic E-state index is 11.5. The van der Waals surface area contributed by atoms with Gasteiger partial charge in [-0.2, -0.15) is 0 Å². The molecule has 2 amide bonds. The Kier molecular flexibility index (Phi) is 3.88. The van der Waals surface area contributed by atoms with Crippen molar-refractivity contribution in [2.75, 3.05) is 20.3 Å². The van der Waals surface area contributed by atoms with Gasteiger partial charge in [0.15, 0.2) is 0 Å². The molecule has 0 bridgehead atoms. The summed E-state index contributed by atoms with van der Waals surface area (Å²) in [6.07, 6.45) is 1.10. The Morgan fingerprint density at radius 1 is 1.50 bits per heavy atom. The highest BCUT2D eigenvalue weighted by atomic mass is 16.6. The maximum atomic E-state index is 11.5. The second-order valence-corrected chi connectivity index (χ2v) is 5.80. The van der Waals surface area contributed by atoms with Crippen LogP contribution in [0.1, 0.15) is 17.3 Å². The molecule has 0 unspecified atom stereocenters. The molecule has 3 N–H and O–H groups in total. The number of cyclic esters (lactones) is 1. The minimum atomic E-state index is -0.627. The number of methoxy groups -OCH3 is 1. The number of nitrogens with two attached hydrogens (primary N) is 1. The number of fused-ring (bicyclic) bond motifs is 1. The van der Waals surface area contributed by atoms with Crippen molar-refractivity contribution in [3.63, 3.8) is 0 Å². The number of pyridine rings is 1. The summed E-state index contributed by atoms with van der Waals surface area (Å²) < 4.78 is 15.9. The molecule has 1 aliphatic rings. The van der Waals surface area contributed by atoms with Crippen molar-refractivity contribution in [3.8, 4) is 11.6 Å². The standard InChI is InChI=1S/C16H17N3O5/c1-16(8-24-15(21)19-16)7-23-14-10-6-12(22-2)11(13(17)20)5-9(10)3-4-18-14/h3-6H,7-8H2,1-2H3,(H2,17,20)(H,19,21)/t16-/m0/s1. The molecule has 1 aromatic carbocycles. The summed E-state index contributed by atoms with van der Waals surface area (Å²) in [5, 5.41) is 4.11. The van der Waals surface area contributed by atoms with Gasteiger partial charge in [0.25, 0.3) is 5.91 Å². The zero-order chi connectivity index (χ0) is 17.3. The van der Waals surface area contributed by atoms with Crippen LogP contribution in [0.3, 0.4) is 0 Å². The number of hydrogen-bond acceptors (Lipinski definition) is 6. The average Bonchev–Trinajstić information content (AvgIpc) is 2.91. The molecule has 3 rings (SSSR count). The summed E-state index contributed by atoms with van der Waals surface area (Å²) in [6, 6.07) is 5.03. The number of aromatic nitrogens is 1. The fraction of sp³-hybridized carbons (Fsp3) is 0.312. The molecule has 1 atom stereocenters. The molecule has 2 heterocycles. The minimum absolute atomic E-state index is 0.185. The number of rotatable bonds is 5. The Hall–Kier alpha value is -3.03. The normalized spacial score (nSPS) is 19.7. The van der Waals surface area contributed by atoms with Gasteiger partial charge in [-0.1, -0.05) is 0 Å². The lowest BCUT2D eigenvalue weighted by Gasteiger charge is -2.21. The molecule has 1 fully saturated rings. The van der Waals surface area contributed by atoms with Crippen molar-refractivity contribution in [2.45, 2.75) is 12.5 Å². The highest BCUT2D eigenvalue weighted by molar-refractivity contribution is 6.01. The summed E-state index contributed by atoms with van der Waals surface area (Å²) in [5.41, 5.74) is 5.03. The van der Waals surface area contributed by atoms with Gasteiger partial charge in [-0.25, -0.2) is 9.78 Å². The van der Waals surface area contributed by atoms with Gasteiger partial charge in [-0.05, 0) is 30.5 Å². The number of amides is 2. The molecule has 8 heteroatoms. The van der Waals surface area contributed by atoms with Gasteiger partial charge in [0.05, 0.1) is 12.7 Å². The number of hydrogen-bond donors (Lipinski definition) is 2. The summed E-state index contributed by atoms with van der Waals surface area (Å²) in [6.45, 7) is 2.21. The fourth-order valence-corrected chi connectivity index (χ4v) is 2.50. The van der Waals surface area contributed by atoms with E-state index in [4.69, 9.17) is 19.9 Å². The van der Waals surface area contributed by atoms with Crippen LogP contribution in [0.25, 0.3) is 10.8 Å². The Bertz CT molecular complexity index is 823. The first-order valence-electron chi connectivity index (χ1n) is 7.26. The third-order valence-corrected chi connectivity index (χ3v) is 3.77. The number of alkyl carbamates (subject to hydrolysis) is 1. The lowest BCUT2D eigenvalue weighted by molar-refractivity contribution is 0.0997. The van der Waals surface area contributed by atoms with Crippen LogP contribution in [-0.4, -0.2) is 42.8 Å². The van der Waals surface area contributed by atoms with E-state index in [1.54, 1.807) is 24.4 Å². The van der Waals surface area contributed by atoms with Crippen LogP contribution in [0.4, 0.5) is 4.79 Å². The Morgan fingerprint density at radius 3 is 2.92 bits per heavy atom. The second-order valence-electron chi connectivity index (χ2n) is 5.80. The van der Waals surface area contributed by atoms with Crippen molar-refractivity contribution in [1.29, 1.82) is 0 Å². The van der Waals surface area contributed by atoms with Crippen LogP contribution >= 0.6 is 0 Å². The second kappa shape index (κ2) is 5.88. The third kappa shape index (κ3) is 2.90. The first-order valence-corrected chi connectivity index (χ1v) is 7.26. The quantitative estimate of drug-likeness (QED) is 0.852. The number of primary amides is 1. The summed E-state index contributed by atoms with van der Waals surface area (Å²) >= 11 is 0. The van der Waals surface area contributed by atoms with Crippen molar-refractivity contribution in [2.24, 2.45) is 5.73 Å². The SMILES string of the molecule is COc1cc2c(OC[C@@]3(C)COC(=O)N3)nccc2cc1C(N)=O. The molecule has 1 aromatic heterocycles. The van der Waals surface area contributed by atoms with Crippen molar-refractivity contribution >= 4 is 22.8 Å². The van der Waals surface area contributed by atoms with E-state index in [0.717, 1.165) is 5.39 Å². The smallest absolute Gasteiger partial charge is 0.407 e. The largest absolute Gasteiger partial charge is 0.496 e. The molecular weight excluding hydrogens is 314 g/mol. The highest BCUT2D eigenvalue weighted by Gasteiger charge is 2.36. The molecule has 24 heavy (non-hydrogen) atoms. The first-order chi connectivity index (χ1) is 11.4. The van der Waals surface area contributed by atoms with E-state index in [0.29, 0.717) is 17.0 Å². The first kappa shape index (κ1) is 15.9. The molecule has 0 radical (unpaired) electrons. The predicted molar refractivity (Wildman–Crippen MR) is 85.2 cm³/mol. The van der Waals surface area contributed by atoms with E-state index in [2.05, 4.69) is 10.3 Å². The van der Waals surface area contributed by atoms with E-state index in [9.17, 15) is 9.59 Å². The van der Waals surface area contributed by atoms with Crippen LogP contribution in [-0.2, 0) is 4.74 Å². The summed E-state index contributed by atoms with van der Waals surface area (Å²) in [4.78, 5) is 26.9. The summed E-state index contributed by atoms with van der Waals surface area (Å²) in [7, 11) is 1.46. The molecule has 1 saturated heterocycles. The lowest BCUT2D eigenvalue weighted by Crippen LogP contribution is -2.45. The van der Waals surface area contributed by atoms with Gasteiger partial charge in [0.2, 0.25) is 5.88 Å². The number of nitrogens with one attached hydrogen (secondary N) is 1.